The molecule has 0 aromatic rings. The molecule has 1 aliphatic rings. The fourth-order valence-corrected chi connectivity index (χ4v) is 1.97. The van der Waals surface area contributed by atoms with Gasteiger partial charge in [0.1, 0.15) is 6.29 Å². The third kappa shape index (κ3) is 4.17. The maximum Gasteiger partial charge on any atom is 0.145 e. The summed E-state index contributed by atoms with van der Waals surface area (Å²) in [6.45, 7) is 1.83. The maximum atomic E-state index is 10.4. The molecule has 0 amide bonds. The van der Waals surface area contributed by atoms with Gasteiger partial charge in [0.2, 0.25) is 0 Å². The Morgan fingerprint density at radius 2 is 2.13 bits per heavy atom. The molecule has 4 heteroatoms. The van der Waals surface area contributed by atoms with Gasteiger partial charge in [-0.3, -0.25) is 4.79 Å². The van der Waals surface area contributed by atoms with Crippen LogP contribution in [0.25, 0.3) is 10.4 Å². The summed E-state index contributed by atoms with van der Waals surface area (Å²) >= 11 is 0. The van der Waals surface area contributed by atoms with E-state index in [9.17, 15) is 4.79 Å². The van der Waals surface area contributed by atoms with Crippen molar-refractivity contribution in [1.29, 1.82) is 0 Å². The summed E-state index contributed by atoms with van der Waals surface area (Å²) in [7, 11) is 0. The van der Waals surface area contributed by atoms with Crippen molar-refractivity contribution in [1.82, 2.24) is 0 Å². The Balaban J connectivity index is 2.31. The summed E-state index contributed by atoms with van der Waals surface area (Å²) in [5.41, 5.74) is 9.11. The number of allylic oxidation sites excluding steroid dienone is 2. The van der Waals surface area contributed by atoms with Crippen molar-refractivity contribution < 1.29 is 4.79 Å². The number of aldehydes is 1. The second-order valence-electron chi connectivity index (χ2n) is 4.18. The molecule has 1 fully saturated rings. The van der Waals surface area contributed by atoms with Gasteiger partial charge in [-0.05, 0) is 56.0 Å². The summed E-state index contributed by atoms with van der Waals surface area (Å²) < 4.78 is 0. The third-order valence-electron chi connectivity index (χ3n) is 2.99. The number of nitrogens with zero attached hydrogens (tertiary/aromatic N) is 3. The van der Waals surface area contributed by atoms with Crippen molar-refractivity contribution in [2.45, 2.75) is 45.1 Å². The topological polar surface area (TPSA) is 65.8 Å². The van der Waals surface area contributed by atoms with Crippen LogP contribution in [-0.2, 0) is 4.79 Å². The molecule has 0 atom stereocenters. The monoisotopic (exact) mass is 207 g/mol. The molecule has 1 saturated carbocycles. The second kappa shape index (κ2) is 6.25. The highest BCUT2D eigenvalue weighted by Gasteiger charge is 2.19. The van der Waals surface area contributed by atoms with Crippen molar-refractivity contribution in [2.75, 3.05) is 0 Å². The zero-order valence-corrected chi connectivity index (χ0v) is 9.09. The molecule has 0 saturated heterocycles. The maximum absolute atomic E-state index is 10.4. The fourth-order valence-electron chi connectivity index (χ4n) is 1.97. The molecule has 0 aromatic heterocycles. The number of azide groups is 1. The van der Waals surface area contributed by atoms with Gasteiger partial charge in [-0.15, -0.1) is 0 Å². The van der Waals surface area contributed by atoms with E-state index in [0.717, 1.165) is 44.0 Å². The Hall–Kier alpha value is -1.28. The summed E-state index contributed by atoms with van der Waals surface area (Å²) in [6.07, 6.45) is 8.06. The Kier molecular flexibility index (Phi) is 4.91. The first-order chi connectivity index (χ1) is 7.26. The summed E-state index contributed by atoms with van der Waals surface area (Å²) in [5.74, 6) is 0.657. The van der Waals surface area contributed by atoms with Crippen molar-refractivity contribution in [3.63, 3.8) is 0 Å². The van der Waals surface area contributed by atoms with Crippen LogP contribution in [0.2, 0.25) is 0 Å². The van der Waals surface area contributed by atoms with E-state index in [1.165, 1.54) is 0 Å². The van der Waals surface area contributed by atoms with Crippen LogP contribution in [0.5, 0.6) is 0 Å². The van der Waals surface area contributed by atoms with E-state index in [4.69, 9.17) is 5.53 Å². The van der Waals surface area contributed by atoms with Crippen LogP contribution < -0.4 is 0 Å². The van der Waals surface area contributed by atoms with Crippen molar-refractivity contribution >= 4 is 6.29 Å². The molecule has 1 rings (SSSR count). The Morgan fingerprint density at radius 3 is 2.67 bits per heavy atom. The lowest BCUT2D eigenvalue weighted by Crippen LogP contribution is -2.16. The van der Waals surface area contributed by atoms with Crippen LogP contribution >= 0.6 is 0 Å². The molecule has 15 heavy (non-hydrogen) atoms. The molecule has 82 valence electrons. The minimum absolute atomic E-state index is 0.197. The Morgan fingerprint density at radius 1 is 1.47 bits per heavy atom. The highest BCUT2D eigenvalue weighted by atomic mass is 16.1. The SMILES string of the molecule is CC(C=O)=CCC1CCC(N=[N+]=[N-])CC1. The molecule has 0 spiro atoms. The second-order valence-corrected chi connectivity index (χ2v) is 4.18. The Bertz CT molecular complexity index is 284. The fraction of sp³-hybridized carbons (Fsp3) is 0.727. The molecular weight excluding hydrogens is 190 g/mol. The van der Waals surface area contributed by atoms with E-state index < -0.39 is 0 Å². The summed E-state index contributed by atoms with van der Waals surface area (Å²) in [5, 5.41) is 3.74. The quantitative estimate of drug-likeness (QED) is 0.229. The average Bonchev–Trinajstić information content (AvgIpc) is 2.28. The van der Waals surface area contributed by atoms with Crippen LogP contribution in [0.1, 0.15) is 39.0 Å². The van der Waals surface area contributed by atoms with Gasteiger partial charge in [0.05, 0.1) is 0 Å². The van der Waals surface area contributed by atoms with Crippen LogP contribution in [-0.4, -0.2) is 12.3 Å². The van der Waals surface area contributed by atoms with Gasteiger partial charge in [0, 0.05) is 11.0 Å². The Labute approximate surface area is 90.0 Å². The van der Waals surface area contributed by atoms with Crippen molar-refractivity contribution in [3.8, 4) is 0 Å². The van der Waals surface area contributed by atoms with E-state index in [-0.39, 0.29) is 6.04 Å². The van der Waals surface area contributed by atoms with Gasteiger partial charge in [0.15, 0.2) is 0 Å². The predicted molar refractivity (Wildman–Crippen MR) is 59.3 cm³/mol. The molecule has 0 N–H and O–H groups in total. The van der Waals surface area contributed by atoms with Crippen molar-refractivity contribution in [3.05, 3.63) is 22.1 Å². The van der Waals surface area contributed by atoms with Crippen LogP contribution in [0.15, 0.2) is 16.8 Å². The molecule has 0 bridgehead atoms. The lowest BCUT2D eigenvalue weighted by molar-refractivity contribution is -0.104. The van der Waals surface area contributed by atoms with Crippen LogP contribution in [0.3, 0.4) is 0 Å². The van der Waals surface area contributed by atoms with Gasteiger partial charge in [-0.25, -0.2) is 0 Å². The normalized spacial score (nSPS) is 26.9. The minimum Gasteiger partial charge on any atom is -0.298 e. The van der Waals surface area contributed by atoms with E-state index in [1.807, 2.05) is 13.0 Å². The highest BCUT2D eigenvalue weighted by molar-refractivity contribution is 5.71. The van der Waals surface area contributed by atoms with Crippen LogP contribution in [0.4, 0.5) is 0 Å². The zero-order chi connectivity index (χ0) is 11.1. The lowest BCUT2D eigenvalue weighted by Gasteiger charge is -2.24. The first-order valence-electron chi connectivity index (χ1n) is 5.42. The van der Waals surface area contributed by atoms with Crippen molar-refractivity contribution in [2.24, 2.45) is 11.0 Å². The summed E-state index contributed by atoms with van der Waals surface area (Å²) in [6, 6.07) is 0.197. The van der Waals surface area contributed by atoms with Crippen LogP contribution in [0, 0.1) is 5.92 Å². The molecule has 0 heterocycles. The van der Waals surface area contributed by atoms with Gasteiger partial charge < -0.3 is 0 Å². The lowest BCUT2D eigenvalue weighted by atomic mass is 9.84. The summed E-state index contributed by atoms with van der Waals surface area (Å²) in [4.78, 5) is 13.2. The molecule has 1 aliphatic carbocycles. The number of carbonyl (C=O) groups is 1. The van der Waals surface area contributed by atoms with E-state index in [0.29, 0.717) is 5.92 Å². The predicted octanol–water partition coefficient (Wildman–Crippen LogP) is 3.39. The largest absolute Gasteiger partial charge is 0.298 e. The molecule has 0 aliphatic heterocycles. The molecular formula is C11H17N3O. The number of carbonyl (C=O) groups excluding carboxylic acids is 1. The molecule has 0 radical (unpaired) electrons. The molecule has 0 unspecified atom stereocenters. The van der Waals surface area contributed by atoms with Gasteiger partial charge in [-0.2, -0.15) is 0 Å². The van der Waals surface area contributed by atoms with Gasteiger partial charge in [-0.1, -0.05) is 11.2 Å². The number of rotatable bonds is 4. The average molecular weight is 207 g/mol. The third-order valence-corrected chi connectivity index (χ3v) is 2.99. The molecule has 0 aromatic carbocycles. The number of hydrogen-bond donors (Lipinski definition) is 0. The molecule has 4 nitrogen and oxygen atoms in total. The van der Waals surface area contributed by atoms with Gasteiger partial charge >= 0.3 is 0 Å². The first kappa shape index (κ1) is 11.8. The number of hydrogen-bond acceptors (Lipinski definition) is 2. The smallest absolute Gasteiger partial charge is 0.145 e. The minimum atomic E-state index is 0.197. The van der Waals surface area contributed by atoms with E-state index in [2.05, 4.69) is 10.0 Å². The van der Waals surface area contributed by atoms with E-state index >= 15 is 0 Å². The van der Waals surface area contributed by atoms with E-state index in [1.54, 1.807) is 0 Å². The first-order valence-corrected chi connectivity index (χ1v) is 5.42. The van der Waals surface area contributed by atoms with Gasteiger partial charge in [0.25, 0.3) is 0 Å². The standard InChI is InChI=1S/C11H17N3O/c1-9(8-15)2-3-10-4-6-11(7-5-10)13-14-12/h2,8,10-11H,3-7H2,1H3. The highest BCUT2D eigenvalue weighted by Crippen LogP contribution is 2.29. The zero-order valence-electron chi connectivity index (χ0n) is 9.09.